The summed E-state index contributed by atoms with van der Waals surface area (Å²) >= 11 is 0. The van der Waals surface area contributed by atoms with Crippen LogP contribution in [0.1, 0.15) is 30.7 Å². The van der Waals surface area contributed by atoms with Crippen LogP contribution in [0.3, 0.4) is 0 Å². The molecule has 2 amide bonds. The summed E-state index contributed by atoms with van der Waals surface area (Å²) in [4.78, 5) is 39.7. The van der Waals surface area contributed by atoms with Crippen LogP contribution >= 0.6 is 0 Å². The first kappa shape index (κ1) is 34.2. The first-order valence-corrected chi connectivity index (χ1v) is 17.1. The Labute approximate surface area is 294 Å². The summed E-state index contributed by atoms with van der Waals surface area (Å²) in [5.41, 5.74) is 3.57. The third kappa shape index (κ3) is 7.32. The Hall–Kier alpha value is -5.24. The number of fused-ring (bicyclic) bond motifs is 1. The average Bonchev–Trinajstić information content (AvgIpc) is 3.80. The zero-order chi connectivity index (χ0) is 35.4. The van der Waals surface area contributed by atoms with Gasteiger partial charge in [0.2, 0.25) is 5.91 Å². The van der Waals surface area contributed by atoms with Crippen LogP contribution in [0, 0.1) is 5.82 Å². The molecule has 1 atom stereocenters. The third-order valence-corrected chi connectivity index (χ3v) is 9.90. The molecule has 2 aliphatic rings. The average molecular weight is 694 g/mol. The molecule has 264 valence electrons. The van der Waals surface area contributed by atoms with E-state index in [1.54, 1.807) is 36.7 Å². The van der Waals surface area contributed by atoms with Gasteiger partial charge >= 0.3 is 0 Å². The maximum Gasteiger partial charge on any atom is 0.258 e. The molecule has 2 aromatic heterocycles. The van der Waals surface area contributed by atoms with Gasteiger partial charge in [-0.25, -0.2) is 14.4 Å². The molecule has 0 aliphatic carbocycles. The lowest BCUT2D eigenvalue weighted by molar-refractivity contribution is -0.138. The van der Waals surface area contributed by atoms with Gasteiger partial charge in [-0.05, 0) is 73.2 Å². The van der Waals surface area contributed by atoms with Gasteiger partial charge in [0.1, 0.15) is 12.3 Å². The van der Waals surface area contributed by atoms with Crippen molar-refractivity contribution in [1.29, 1.82) is 0 Å². The number of benzene rings is 3. The number of ether oxygens (including phenoxy) is 2. The van der Waals surface area contributed by atoms with Crippen molar-refractivity contribution in [1.82, 2.24) is 30.0 Å². The van der Waals surface area contributed by atoms with Crippen molar-refractivity contribution in [2.45, 2.75) is 30.8 Å². The molecule has 2 saturated heterocycles. The first-order chi connectivity index (χ1) is 24.9. The molecule has 13 heteroatoms. The molecule has 12 nitrogen and oxygen atoms in total. The molecule has 51 heavy (non-hydrogen) atoms. The zero-order valence-corrected chi connectivity index (χ0v) is 28.3. The van der Waals surface area contributed by atoms with E-state index >= 15 is 0 Å². The molecule has 0 spiro atoms. The van der Waals surface area contributed by atoms with E-state index in [1.807, 2.05) is 15.9 Å². The number of methoxy groups -OCH3 is 1. The van der Waals surface area contributed by atoms with Crippen LogP contribution in [0.15, 0.2) is 79.1 Å². The molecular formula is C38H40FN7O5. The summed E-state index contributed by atoms with van der Waals surface area (Å²) < 4.78 is 25.4. The van der Waals surface area contributed by atoms with Crippen molar-refractivity contribution in [3.63, 3.8) is 0 Å². The van der Waals surface area contributed by atoms with E-state index in [4.69, 9.17) is 14.6 Å². The standard InChI is InChI=1S/C38H40FN7O5/c1-50-38(37(49)42-29-8-10-32-30(22-29)35(44-43-32)28-7-9-31(39)33(21-28)51-20-19-47)13-18-45(24-38)23-34(48)46-16-11-26(12-17-46)25-3-5-27(6-4-25)36-40-14-2-15-41-36/h2-10,14-15,21-22,26,47H,11-13,16-20,23-24H2,1H3,(H,42,49)(H,43,44)/t38-/m0/s1. The van der Waals surface area contributed by atoms with E-state index in [2.05, 4.69) is 49.7 Å². The number of hydrogen-bond acceptors (Lipinski definition) is 9. The quantitative estimate of drug-likeness (QED) is 0.180. The Morgan fingerprint density at radius 3 is 2.53 bits per heavy atom. The minimum atomic E-state index is -1.12. The van der Waals surface area contributed by atoms with Crippen LogP contribution in [0.4, 0.5) is 10.1 Å². The van der Waals surface area contributed by atoms with E-state index in [9.17, 15) is 14.0 Å². The molecule has 2 aliphatic heterocycles. The van der Waals surface area contributed by atoms with E-state index < -0.39 is 11.4 Å². The highest BCUT2D eigenvalue weighted by molar-refractivity contribution is 6.01. The van der Waals surface area contributed by atoms with Crippen LogP contribution < -0.4 is 10.1 Å². The van der Waals surface area contributed by atoms with Crippen molar-refractivity contribution in [2.24, 2.45) is 0 Å². The fraction of sp³-hybridized carbons (Fsp3) is 0.342. The van der Waals surface area contributed by atoms with E-state index in [-0.39, 0.29) is 37.3 Å². The number of rotatable bonds is 11. The van der Waals surface area contributed by atoms with Gasteiger partial charge in [-0.3, -0.25) is 19.6 Å². The number of amides is 2. The molecular weight excluding hydrogens is 653 g/mol. The smallest absolute Gasteiger partial charge is 0.258 e. The number of carbonyl (C=O) groups is 2. The van der Waals surface area contributed by atoms with Crippen molar-refractivity contribution in [3.8, 4) is 28.4 Å². The van der Waals surface area contributed by atoms with Crippen molar-refractivity contribution in [2.75, 3.05) is 58.4 Å². The summed E-state index contributed by atoms with van der Waals surface area (Å²) in [6.45, 7) is 2.16. The SMILES string of the molecule is CO[C@@]1(C(=O)Nc2ccc3[nH]nc(-c4ccc(F)c(OCCO)c4)c3c2)CCN(CC(=O)N2CCC(c3ccc(-c4ncccn4)cc3)CC2)C1. The maximum absolute atomic E-state index is 14.3. The molecule has 5 aromatic rings. The number of anilines is 1. The van der Waals surface area contributed by atoms with Gasteiger partial charge in [0, 0.05) is 67.9 Å². The lowest BCUT2D eigenvalue weighted by atomic mass is 9.89. The zero-order valence-electron chi connectivity index (χ0n) is 28.3. The Kier molecular flexibility index (Phi) is 10.0. The topological polar surface area (TPSA) is 146 Å². The Morgan fingerprint density at radius 1 is 1.02 bits per heavy atom. The summed E-state index contributed by atoms with van der Waals surface area (Å²) in [7, 11) is 1.53. The fourth-order valence-electron chi connectivity index (χ4n) is 7.02. The second-order valence-corrected chi connectivity index (χ2v) is 13.0. The fourth-order valence-corrected chi connectivity index (χ4v) is 7.02. The predicted molar refractivity (Wildman–Crippen MR) is 190 cm³/mol. The highest BCUT2D eigenvalue weighted by Gasteiger charge is 2.45. The predicted octanol–water partition coefficient (Wildman–Crippen LogP) is 4.63. The van der Waals surface area contributed by atoms with E-state index in [0.29, 0.717) is 61.3 Å². The molecule has 0 bridgehead atoms. The van der Waals surface area contributed by atoms with Crippen LogP contribution in [0.25, 0.3) is 33.5 Å². The van der Waals surface area contributed by atoms with Crippen molar-refractivity contribution in [3.05, 3.63) is 90.5 Å². The van der Waals surface area contributed by atoms with Gasteiger partial charge in [0.15, 0.2) is 23.0 Å². The van der Waals surface area contributed by atoms with Crippen LogP contribution in [-0.4, -0.2) is 106 Å². The number of nitrogens with one attached hydrogen (secondary N) is 2. The van der Waals surface area contributed by atoms with Gasteiger partial charge in [0.25, 0.3) is 5.91 Å². The number of aromatic amines is 1. The summed E-state index contributed by atoms with van der Waals surface area (Å²) in [6, 6.07) is 20.0. The molecule has 0 radical (unpaired) electrons. The van der Waals surface area contributed by atoms with Gasteiger partial charge < -0.3 is 24.8 Å². The molecule has 7 rings (SSSR count). The Balaban J connectivity index is 0.948. The lowest BCUT2D eigenvalue weighted by Crippen LogP contribution is -2.48. The highest BCUT2D eigenvalue weighted by atomic mass is 19.1. The van der Waals surface area contributed by atoms with Crippen LogP contribution in [0.2, 0.25) is 0 Å². The number of piperidine rings is 1. The number of aromatic nitrogens is 4. The highest BCUT2D eigenvalue weighted by Crippen LogP contribution is 2.34. The molecule has 3 N–H and O–H groups in total. The van der Waals surface area contributed by atoms with Crippen LogP contribution in [-0.2, 0) is 14.3 Å². The third-order valence-electron chi connectivity index (χ3n) is 9.90. The molecule has 3 aromatic carbocycles. The minimum Gasteiger partial charge on any atom is -0.488 e. The summed E-state index contributed by atoms with van der Waals surface area (Å²) in [5, 5.41) is 20.2. The number of aliphatic hydroxyl groups excluding tert-OH is 1. The molecule has 2 fully saturated rings. The summed E-state index contributed by atoms with van der Waals surface area (Å²) in [6.07, 6.45) is 5.70. The number of carbonyl (C=O) groups excluding carboxylic acids is 2. The minimum absolute atomic E-state index is 0.0131. The molecule has 0 unspecified atom stereocenters. The number of halogens is 1. The Bertz CT molecular complexity index is 2000. The normalized spacial score (nSPS) is 18.3. The van der Waals surface area contributed by atoms with Gasteiger partial charge in [-0.2, -0.15) is 5.10 Å². The number of aliphatic hydroxyl groups is 1. The number of hydrogen-bond donors (Lipinski definition) is 3. The second-order valence-electron chi connectivity index (χ2n) is 13.0. The number of H-pyrrole nitrogens is 1. The lowest BCUT2D eigenvalue weighted by Gasteiger charge is -2.33. The molecule has 4 heterocycles. The summed E-state index contributed by atoms with van der Waals surface area (Å²) in [5.74, 6) is 0.319. The van der Waals surface area contributed by atoms with Gasteiger partial charge in [0.05, 0.1) is 18.7 Å². The van der Waals surface area contributed by atoms with E-state index in [0.717, 1.165) is 29.3 Å². The second kappa shape index (κ2) is 14.9. The van der Waals surface area contributed by atoms with E-state index in [1.165, 1.54) is 24.8 Å². The largest absolute Gasteiger partial charge is 0.488 e. The van der Waals surface area contributed by atoms with Crippen molar-refractivity contribution < 1.29 is 28.6 Å². The van der Waals surface area contributed by atoms with Crippen molar-refractivity contribution >= 4 is 28.4 Å². The van der Waals surface area contributed by atoms with Crippen LogP contribution in [0.5, 0.6) is 5.75 Å². The first-order valence-electron chi connectivity index (χ1n) is 17.1. The Morgan fingerprint density at radius 2 is 1.78 bits per heavy atom. The maximum atomic E-state index is 14.3. The number of nitrogens with zero attached hydrogens (tertiary/aromatic N) is 5. The number of likely N-dealkylation sites (tertiary alicyclic amines) is 2. The van der Waals surface area contributed by atoms with Gasteiger partial charge in [-0.15, -0.1) is 0 Å². The molecule has 0 saturated carbocycles. The van der Waals surface area contributed by atoms with Gasteiger partial charge in [-0.1, -0.05) is 24.3 Å². The monoisotopic (exact) mass is 693 g/mol.